The fourth-order valence-electron chi connectivity index (χ4n) is 2.57. The molecule has 2 aromatic rings. The van der Waals surface area contributed by atoms with Crippen molar-refractivity contribution in [2.75, 3.05) is 27.6 Å². The summed E-state index contributed by atoms with van der Waals surface area (Å²) < 4.78 is 21.2. The van der Waals surface area contributed by atoms with Gasteiger partial charge in [-0.05, 0) is 42.0 Å². The minimum absolute atomic E-state index is 0.124. The standard InChI is InChI=1S/C20H24O5/c1-5-14-7-9-16-17(11-14)15(8-10-19(21)24-6-2)12-18(23-4)20(16)25-13-22-3/h7-12H,5-6,13H2,1-4H3/b10-8+. The largest absolute Gasteiger partial charge is 0.493 e. The van der Waals surface area contributed by atoms with E-state index in [1.807, 2.05) is 12.1 Å². The average molecular weight is 344 g/mol. The molecule has 2 aromatic carbocycles. The molecule has 0 aromatic heterocycles. The topological polar surface area (TPSA) is 54.0 Å². The summed E-state index contributed by atoms with van der Waals surface area (Å²) in [5, 5.41) is 1.88. The fourth-order valence-corrected chi connectivity index (χ4v) is 2.57. The van der Waals surface area contributed by atoms with Gasteiger partial charge in [-0.15, -0.1) is 0 Å². The Bertz CT molecular complexity index is 764. The summed E-state index contributed by atoms with van der Waals surface area (Å²) in [4.78, 5) is 11.7. The molecule has 0 N–H and O–H groups in total. The Morgan fingerprint density at radius 2 is 1.92 bits per heavy atom. The predicted molar refractivity (Wildman–Crippen MR) is 98.0 cm³/mol. The molecular formula is C20H24O5. The molecule has 0 amide bonds. The number of esters is 1. The van der Waals surface area contributed by atoms with Crippen LogP contribution in [-0.4, -0.2) is 33.6 Å². The van der Waals surface area contributed by atoms with E-state index in [1.54, 1.807) is 27.2 Å². The minimum atomic E-state index is -0.374. The highest BCUT2D eigenvalue weighted by molar-refractivity contribution is 5.99. The third-order valence-electron chi connectivity index (χ3n) is 3.78. The van der Waals surface area contributed by atoms with E-state index in [-0.39, 0.29) is 12.8 Å². The second-order valence-electron chi connectivity index (χ2n) is 5.37. The molecule has 0 aliphatic rings. The number of fused-ring (bicyclic) bond motifs is 1. The highest BCUT2D eigenvalue weighted by Crippen LogP contribution is 2.39. The molecule has 0 heterocycles. The molecule has 0 saturated heterocycles. The maximum Gasteiger partial charge on any atom is 0.330 e. The maximum atomic E-state index is 11.7. The Morgan fingerprint density at radius 1 is 1.12 bits per heavy atom. The van der Waals surface area contributed by atoms with Crippen LogP contribution in [0.15, 0.2) is 30.3 Å². The quantitative estimate of drug-likeness (QED) is 0.412. The molecule has 25 heavy (non-hydrogen) atoms. The van der Waals surface area contributed by atoms with Gasteiger partial charge in [-0.2, -0.15) is 0 Å². The Hall–Kier alpha value is -2.53. The number of rotatable bonds is 8. The van der Waals surface area contributed by atoms with Crippen molar-refractivity contribution < 1.29 is 23.7 Å². The molecule has 0 atom stereocenters. The van der Waals surface area contributed by atoms with Crippen molar-refractivity contribution >= 4 is 22.8 Å². The SMILES string of the molecule is CCOC(=O)/C=C/c1cc(OC)c(OCOC)c2ccc(CC)cc12. The van der Waals surface area contributed by atoms with Gasteiger partial charge in [0.05, 0.1) is 13.7 Å². The molecule has 0 unspecified atom stereocenters. The van der Waals surface area contributed by atoms with Crippen LogP contribution in [0.4, 0.5) is 0 Å². The molecule has 0 aliphatic heterocycles. The van der Waals surface area contributed by atoms with Gasteiger partial charge in [0.1, 0.15) is 0 Å². The lowest BCUT2D eigenvalue weighted by Gasteiger charge is -2.15. The molecule has 0 aliphatic carbocycles. The first-order valence-corrected chi connectivity index (χ1v) is 8.24. The van der Waals surface area contributed by atoms with Gasteiger partial charge in [0.15, 0.2) is 18.3 Å². The summed E-state index contributed by atoms with van der Waals surface area (Å²) in [6, 6.07) is 8.01. The van der Waals surface area contributed by atoms with Crippen molar-refractivity contribution in [2.45, 2.75) is 20.3 Å². The third-order valence-corrected chi connectivity index (χ3v) is 3.78. The molecular weight excluding hydrogens is 320 g/mol. The van der Waals surface area contributed by atoms with Gasteiger partial charge >= 0.3 is 5.97 Å². The van der Waals surface area contributed by atoms with Crippen LogP contribution in [0.2, 0.25) is 0 Å². The number of methoxy groups -OCH3 is 2. The van der Waals surface area contributed by atoms with E-state index in [0.29, 0.717) is 18.1 Å². The fraction of sp³-hybridized carbons (Fsp3) is 0.350. The van der Waals surface area contributed by atoms with Crippen molar-refractivity contribution in [3.63, 3.8) is 0 Å². The smallest absolute Gasteiger partial charge is 0.330 e. The zero-order valence-corrected chi connectivity index (χ0v) is 15.1. The third kappa shape index (κ3) is 4.51. The van der Waals surface area contributed by atoms with E-state index in [1.165, 1.54) is 11.6 Å². The van der Waals surface area contributed by atoms with E-state index in [0.717, 1.165) is 22.8 Å². The van der Waals surface area contributed by atoms with Gasteiger partial charge < -0.3 is 18.9 Å². The molecule has 0 radical (unpaired) electrons. The van der Waals surface area contributed by atoms with E-state index < -0.39 is 0 Å². The van der Waals surface area contributed by atoms with E-state index >= 15 is 0 Å². The molecule has 5 heteroatoms. The first-order chi connectivity index (χ1) is 12.1. The second-order valence-corrected chi connectivity index (χ2v) is 5.37. The number of carbonyl (C=O) groups is 1. The van der Waals surface area contributed by atoms with Crippen LogP contribution in [0.25, 0.3) is 16.8 Å². The molecule has 5 nitrogen and oxygen atoms in total. The van der Waals surface area contributed by atoms with Crippen LogP contribution in [-0.2, 0) is 20.7 Å². The summed E-state index contributed by atoms with van der Waals surface area (Å²) in [5.41, 5.74) is 2.06. The number of benzene rings is 2. The van der Waals surface area contributed by atoms with E-state index in [4.69, 9.17) is 18.9 Å². The Labute approximate surface area is 148 Å². The highest BCUT2D eigenvalue weighted by Gasteiger charge is 2.14. The summed E-state index contributed by atoms with van der Waals surface area (Å²) in [6.45, 7) is 4.34. The van der Waals surface area contributed by atoms with Gasteiger partial charge in [0.2, 0.25) is 0 Å². The normalized spacial score (nSPS) is 11.0. The predicted octanol–water partition coefficient (Wildman–Crippen LogP) is 3.97. The molecule has 0 saturated carbocycles. The maximum absolute atomic E-state index is 11.7. The van der Waals surface area contributed by atoms with Gasteiger partial charge in [0, 0.05) is 18.6 Å². The van der Waals surface area contributed by atoms with Crippen LogP contribution < -0.4 is 9.47 Å². The highest BCUT2D eigenvalue weighted by atomic mass is 16.7. The molecule has 2 rings (SSSR count). The molecule has 0 bridgehead atoms. The van der Waals surface area contributed by atoms with Crippen LogP contribution in [0, 0.1) is 0 Å². The molecule has 0 fully saturated rings. The number of aryl methyl sites for hydroxylation is 1. The lowest BCUT2D eigenvalue weighted by Crippen LogP contribution is -2.02. The van der Waals surface area contributed by atoms with Gasteiger partial charge in [-0.3, -0.25) is 0 Å². The average Bonchev–Trinajstić information content (AvgIpc) is 2.64. The minimum Gasteiger partial charge on any atom is -0.493 e. The van der Waals surface area contributed by atoms with Crippen molar-refractivity contribution in [1.82, 2.24) is 0 Å². The van der Waals surface area contributed by atoms with Crippen LogP contribution in [0.1, 0.15) is 25.0 Å². The number of ether oxygens (including phenoxy) is 4. The Kier molecular flexibility index (Phi) is 6.83. The van der Waals surface area contributed by atoms with Crippen molar-refractivity contribution in [3.05, 3.63) is 41.5 Å². The lowest BCUT2D eigenvalue weighted by atomic mass is 9.99. The van der Waals surface area contributed by atoms with E-state index in [9.17, 15) is 4.79 Å². The van der Waals surface area contributed by atoms with Gasteiger partial charge in [-0.25, -0.2) is 4.79 Å². The summed E-state index contributed by atoms with van der Waals surface area (Å²) in [5.74, 6) is 0.827. The van der Waals surface area contributed by atoms with Crippen molar-refractivity contribution in [3.8, 4) is 11.5 Å². The first-order valence-electron chi connectivity index (χ1n) is 8.24. The van der Waals surface area contributed by atoms with Crippen LogP contribution in [0.3, 0.4) is 0 Å². The van der Waals surface area contributed by atoms with Crippen LogP contribution in [0.5, 0.6) is 11.5 Å². The van der Waals surface area contributed by atoms with Crippen molar-refractivity contribution in [2.24, 2.45) is 0 Å². The molecule has 134 valence electrons. The Morgan fingerprint density at radius 3 is 2.56 bits per heavy atom. The van der Waals surface area contributed by atoms with Crippen molar-refractivity contribution in [1.29, 1.82) is 0 Å². The number of hydrogen-bond donors (Lipinski definition) is 0. The van der Waals surface area contributed by atoms with E-state index in [2.05, 4.69) is 19.1 Å². The summed E-state index contributed by atoms with van der Waals surface area (Å²) in [6.07, 6.45) is 4.08. The summed E-state index contributed by atoms with van der Waals surface area (Å²) in [7, 11) is 3.15. The zero-order valence-electron chi connectivity index (χ0n) is 15.1. The summed E-state index contributed by atoms with van der Waals surface area (Å²) >= 11 is 0. The number of carbonyl (C=O) groups excluding carboxylic acids is 1. The number of hydrogen-bond acceptors (Lipinski definition) is 5. The zero-order chi connectivity index (χ0) is 18.2. The molecule has 0 spiro atoms. The second kappa shape index (κ2) is 9.08. The van der Waals surface area contributed by atoms with Gasteiger partial charge in [-0.1, -0.05) is 25.1 Å². The first kappa shape index (κ1) is 18.8. The lowest BCUT2D eigenvalue weighted by molar-refractivity contribution is -0.137. The van der Waals surface area contributed by atoms with Crippen LogP contribution >= 0.6 is 0 Å². The van der Waals surface area contributed by atoms with Gasteiger partial charge in [0.25, 0.3) is 0 Å². The monoisotopic (exact) mass is 344 g/mol. The Balaban J connectivity index is 2.61.